The first-order valence-corrected chi connectivity index (χ1v) is 7.62. The van der Waals surface area contributed by atoms with Gasteiger partial charge in [-0.2, -0.15) is 5.26 Å². The Balaban J connectivity index is 2.01. The number of benzene rings is 1. The summed E-state index contributed by atoms with van der Waals surface area (Å²) in [5, 5.41) is 8.91. The molecular weight excluding hydrogens is 248 g/mol. The molecule has 1 N–H and O–H groups in total. The van der Waals surface area contributed by atoms with E-state index in [2.05, 4.69) is 11.6 Å². The van der Waals surface area contributed by atoms with E-state index in [4.69, 9.17) is 5.26 Å². The number of hydrogen-bond donors (Lipinski definition) is 1. The van der Waals surface area contributed by atoms with Gasteiger partial charge in [0.2, 0.25) is 10.0 Å². The summed E-state index contributed by atoms with van der Waals surface area (Å²) in [5.41, 5.74) is 0.971. The minimum Gasteiger partial charge on any atom is -0.215 e. The van der Waals surface area contributed by atoms with Gasteiger partial charge in [-0.3, -0.25) is 0 Å². The third-order valence-electron chi connectivity index (χ3n) is 3.32. The quantitative estimate of drug-likeness (QED) is 0.878. The Kier molecular flexibility index (Phi) is 3.69. The first kappa shape index (κ1) is 13.1. The van der Waals surface area contributed by atoms with E-state index < -0.39 is 10.0 Å². The predicted molar refractivity (Wildman–Crippen MR) is 69.1 cm³/mol. The molecule has 18 heavy (non-hydrogen) atoms. The maximum Gasteiger partial charge on any atom is 0.215 e. The summed E-state index contributed by atoms with van der Waals surface area (Å²) < 4.78 is 26.4. The highest BCUT2D eigenvalue weighted by molar-refractivity contribution is 7.88. The molecule has 96 valence electrons. The Morgan fingerprint density at radius 1 is 1.44 bits per heavy atom. The number of nitriles is 1. The summed E-state index contributed by atoms with van der Waals surface area (Å²) in [6.07, 6.45) is 1.09. The molecule has 0 amide bonds. The van der Waals surface area contributed by atoms with Gasteiger partial charge in [0.05, 0.1) is 17.4 Å². The first-order chi connectivity index (χ1) is 8.52. The standard InChI is InChI=1S/C13H16N2O2S/c1-10-6-13(10)8-15-18(16,17)9-12-5-3-2-4-11(12)7-14/h2-5,10,13,15H,6,8-9H2,1H3. The average Bonchev–Trinajstić information content (AvgIpc) is 3.03. The van der Waals surface area contributed by atoms with E-state index >= 15 is 0 Å². The molecule has 1 aliphatic rings. The summed E-state index contributed by atoms with van der Waals surface area (Å²) >= 11 is 0. The molecule has 0 heterocycles. The van der Waals surface area contributed by atoms with Gasteiger partial charge in [0, 0.05) is 6.54 Å². The largest absolute Gasteiger partial charge is 0.215 e. The number of rotatable bonds is 5. The van der Waals surface area contributed by atoms with Gasteiger partial charge in [-0.15, -0.1) is 0 Å². The van der Waals surface area contributed by atoms with Crippen molar-refractivity contribution in [1.82, 2.24) is 4.72 Å². The summed E-state index contributed by atoms with van der Waals surface area (Å²) in [6, 6.07) is 8.80. The molecular formula is C13H16N2O2S. The normalized spacial score (nSPS) is 22.4. The second kappa shape index (κ2) is 5.09. The molecule has 0 bridgehead atoms. The fourth-order valence-electron chi connectivity index (χ4n) is 1.93. The number of hydrogen-bond acceptors (Lipinski definition) is 3. The first-order valence-electron chi connectivity index (χ1n) is 5.97. The van der Waals surface area contributed by atoms with Crippen molar-refractivity contribution in [2.45, 2.75) is 19.1 Å². The molecule has 1 saturated carbocycles. The molecule has 1 aliphatic carbocycles. The van der Waals surface area contributed by atoms with Gasteiger partial charge in [-0.25, -0.2) is 13.1 Å². The minimum absolute atomic E-state index is 0.127. The Hall–Kier alpha value is -1.38. The van der Waals surface area contributed by atoms with Crippen LogP contribution in [0.1, 0.15) is 24.5 Å². The molecule has 0 aromatic heterocycles. The second-order valence-corrected chi connectivity index (χ2v) is 6.66. The van der Waals surface area contributed by atoms with Crippen molar-refractivity contribution in [3.63, 3.8) is 0 Å². The molecule has 0 radical (unpaired) electrons. The Morgan fingerprint density at radius 2 is 2.11 bits per heavy atom. The fourth-order valence-corrected chi connectivity index (χ4v) is 3.16. The maximum atomic E-state index is 11.9. The minimum atomic E-state index is -3.35. The number of nitrogens with zero attached hydrogens (tertiary/aromatic N) is 1. The zero-order chi connectivity index (χ0) is 13.2. The monoisotopic (exact) mass is 264 g/mol. The van der Waals surface area contributed by atoms with Gasteiger partial charge in [-0.1, -0.05) is 25.1 Å². The highest BCUT2D eigenvalue weighted by atomic mass is 32.2. The van der Waals surface area contributed by atoms with Crippen LogP contribution >= 0.6 is 0 Å². The predicted octanol–water partition coefficient (Wildman–Crippen LogP) is 1.63. The molecule has 2 unspecified atom stereocenters. The SMILES string of the molecule is CC1CC1CNS(=O)(=O)Cc1ccccc1C#N. The van der Waals surface area contributed by atoms with E-state index in [1.165, 1.54) is 0 Å². The third-order valence-corrected chi connectivity index (χ3v) is 4.62. The molecule has 1 aromatic rings. The van der Waals surface area contributed by atoms with Crippen LogP contribution in [0.5, 0.6) is 0 Å². The zero-order valence-electron chi connectivity index (χ0n) is 10.3. The van der Waals surface area contributed by atoms with Crippen LogP contribution in [0.25, 0.3) is 0 Å². The molecule has 4 nitrogen and oxygen atoms in total. The lowest BCUT2D eigenvalue weighted by Crippen LogP contribution is -2.27. The maximum absolute atomic E-state index is 11.9. The van der Waals surface area contributed by atoms with E-state index in [-0.39, 0.29) is 5.75 Å². The van der Waals surface area contributed by atoms with Crippen LogP contribution in [0.2, 0.25) is 0 Å². The Bertz CT molecular complexity index is 575. The lowest BCUT2D eigenvalue weighted by atomic mass is 10.1. The van der Waals surface area contributed by atoms with Crippen molar-refractivity contribution in [1.29, 1.82) is 5.26 Å². The van der Waals surface area contributed by atoms with Crippen molar-refractivity contribution in [3.05, 3.63) is 35.4 Å². The van der Waals surface area contributed by atoms with Crippen molar-refractivity contribution in [2.24, 2.45) is 11.8 Å². The number of nitrogens with one attached hydrogen (secondary N) is 1. The van der Waals surface area contributed by atoms with Gasteiger partial charge < -0.3 is 0 Å². The van der Waals surface area contributed by atoms with Gasteiger partial charge in [0.15, 0.2) is 0 Å². The van der Waals surface area contributed by atoms with E-state index in [9.17, 15) is 8.42 Å². The van der Waals surface area contributed by atoms with Crippen LogP contribution in [0.3, 0.4) is 0 Å². The molecule has 1 fully saturated rings. The second-order valence-electron chi connectivity index (χ2n) is 4.85. The zero-order valence-corrected chi connectivity index (χ0v) is 11.1. The summed E-state index contributed by atoms with van der Waals surface area (Å²) in [7, 11) is -3.35. The van der Waals surface area contributed by atoms with Gasteiger partial charge in [-0.05, 0) is 29.9 Å². The average molecular weight is 264 g/mol. The van der Waals surface area contributed by atoms with Gasteiger partial charge >= 0.3 is 0 Å². The molecule has 5 heteroatoms. The molecule has 2 rings (SSSR count). The Labute approximate surface area is 108 Å². The summed E-state index contributed by atoms with van der Waals surface area (Å²) in [4.78, 5) is 0. The van der Waals surface area contributed by atoms with E-state index in [1.54, 1.807) is 24.3 Å². The Morgan fingerprint density at radius 3 is 2.72 bits per heavy atom. The lowest BCUT2D eigenvalue weighted by molar-refractivity contribution is 0.573. The van der Waals surface area contributed by atoms with Crippen LogP contribution < -0.4 is 4.72 Å². The van der Waals surface area contributed by atoms with Crippen molar-refractivity contribution in [3.8, 4) is 6.07 Å². The highest BCUT2D eigenvalue weighted by Crippen LogP contribution is 2.36. The highest BCUT2D eigenvalue weighted by Gasteiger charge is 2.33. The van der Waals surface area contributed by atoms with E-state index in [0.29, 0.717) is 29.5 Å². The van der Waals surface area contributed by atoms with Crippen molar-refractivity contribution in [2.75, 3.05) is 6.54 Å². The smallest absolute Gasteiger partial charge is 0.215 e. The van der Waals surface area contributed by atoms with Crippen molar-refractivity contribution >= 4 is 10.0 Å². The van der Waals surface area contributed by atoms with E-state index in [0.717, 1.165) is 6.42 Å². The van der Waals surface area contributed by atoms with Crippen LogP contribution in [0.4, 0.5) is 0 Å². The topological polar surface area (TPSA) is 70.0 Å². The molecule has 2 atom stereocenters. The van der Waals surface area contributed by atoms with Gasteiger partial charge in [0.1, 0.15) is 0 Å². The number of sulfonamides is 1. The van der Waals surface area contributed by atoms with Crippen LogP contribution in [-0.2, 0) is 15.8 Å². The van der Waals surface area contributed by atoms with Crippen LogP contribution in [0, 0.1) is 23.2 Å². The van der Waals surface area contributed by atoms with E-state index in [1.807, 2.05) is 6.07 Å². The van der Waals surface area contributed by atoms with Crippen LogP contribution in [-0.4, -0.2) is 15.0 Å². The van der Waals surface area contributed by atoms with Crippen LogP contribution in [0.15, 0.2) is 24.3 Å². The van der Waals surface area contributed by atoms with Crippen molar-refractivity contribution < 1.29 is 8.42 Å². The van der Waals surface area contributed by atoms with Gasteiger partial charge in [0.25, 0.3) is 0 Å². The summed E-state index contributed by atoms with van der Waals surface area (Å²) in [6.45, 7) is 2.63. The summed E-state index contributed by atoms with van der Waals surface area (Å²) in [5.74, 6) is 0.975. The molecule has 1 aromatic carbocycles. The molecule has 0 spiro atoms. The molecule has 0 aliphatic heterocycles. The third kappa shape index (κ3) is 3.31. The molecule has 0 saturated heterocycles. The fraction of sp³-hybridized carbons (Fsp3) is 0.462. The lowest BCUT2D eigenvalue weighted by Gasteiger charge is -2.07.